The second-order valence-corrected chi connectivity index (χ2v) is 8.90. The third-order valence-electron chi connectivity index (χ3n) is 7.10. The molecule has 162 valence electrons. The van der Waals surface area contributed by atoms with Gasteiger partial charge in [-0.1, -0.05) is 0 Å². The van der Waals surface area contributed by atoms with Gasteiger partial charge in [0.1, 0.15) is 5.69 Å². The van der Waals surface area contributed by atoms with E-state index in [-0.39, 0.29) is 17.2 Å². The molecular formula is C24H23N5O3. The largest absolute Gasteiger partial charge is 0.449 e. The van der Waals surface area contributed by atoms with Crippen molar-refractivity contribution in [1.29, 1.82) is 0 Å². The van der Waals surface area contributed by atoms with Gasteiger partial charge in [0.05, 0.1) is 12.5 Å². The number of likely N-dealkylation sites (tertiary alicyclic amines) is 1. The molecule has 8 heteroatoms. The second kappa shape index (κ2) is 7.19. The van der Waals surface area contributed by atoms with Gasteiger partial charge in [-0.2, -0.15) is 0 Å². The maximum atomic E-state index is 12.9. The van der Waals surface area contributed by atoms with Crippen LogP contribution in [0.5, 0.6) is 0 Å². The van der Waals surface area contributed by atoms with Gasteiger partial charge in [-0.15, -0.1) is 0 Å². The number of rotatable bonds is 4. The van der Waals surface area contributed by atoms with Gasteiger partial charge in [0.15, 0.2) is 11.3 Å². The Bertz CT molecular complexity index is 1300. The standard InChI is InChI=1S/C24H23N5O3/c30-22(20-10-16-3-6-25-14-21(16)32-20)26-13-17-12-24(17)4-8-28(9-5-24)23(31)19-11-18-2-1-7-29(18)15-27-19/h1-3,6-7,10-11,14-15,17H,4-5,8-9,12-13H2,(H,26,30). The number of nitrogens with one attached hydrogen (secondary N) is 1. The highest BCUT2D eigenvalue weighted by Gasteiger charge is 2.54. The van der Waals surface area contributed by atoms with E-state index in [1.807, 2.05) is 39.8 Å². The maximum absolute atomic E-state index is 12.9. The van der Waals surface area contributed by atoms with Crippen LogP contribution in [0.4, 0.5) is 0 Å². The van der Waals surface area contributed by atoms with Gasteiger partial charge in [-0.3, -0.25) is 14.6 Å². The molecule has 8 nitrogen and oxygen atoms in total. The summed E-state index contributed by atoms with van der Waals surface area (Å²) in [7, 11) is 0. The fourth-order valence-corrected chi connectivity index (χ4v) is 5.00. The van der Waals surface area contributed by atoms with Crippen LogP contribution in [-0.2, 0) is 0 Å². The number of aromatic nitrogens is 3. The van der Waals surface area contributed by atoms with Gasteiger partial charge >= 0.3 is 0 Å². The normalized spacial score (nSPS) is 19.5. The van der Waals surface area contributed by atoms with E-state index in [4.69, 9.17) is 4.42 Å². The Labute approximate surface area is 184 Å². The summed E-state index contributed by atoms with van der Waals surface area (Å²) in [6.45, 7) is 2.09. The van der Waals surface area contributed by atoms with Crippen LogP contribution in [0.15, 0.2) is 59.7 Å². The van der Waals surface area contributed by atoms with Crippen molar-refractivity contribution >= 4 is 28.3 Å². The predicted octanol–water partition coefficient (Wildman–Crippen LogP) is 3.15. The summed E-state index contributed by atoms with van der Waals surface area (Å²) in [6, 6.07) is 9.32. The molecule has 1 saturated carbocycles. The number of amides is 2. The minimum Gasteiger partial charge on any atom is -0.449 e. The van der Waals surface area contributed by atoms with E-state index < -0.39 is 0 Å². The first-order valence-electron chi connectivity index (χ1n) is 11.0. The SMILES string of the molecule is O=C(NCC1CC12CCN(C(=O)c1cc3cccn3cn1)CC2)c1cc2ccncc2o1. The Morgan fingerprint density at radius 1 is 1.22 bits per heavy atom. The number of piperidine rings is 1. The molecule has 2 amide bonds. The van der Waals surface area contributed by atoms with E-state index in [0.29, 0.717) is 29.5 Å². The van der Waals surface area contributed by atoms with Gasteiger partial charge in [0.2, 0.25) is 0 Å². The minimum atomic E-state index is -0.192. The quantitative estimate of drug-likeness (QED) is 0.538. The van der Waals surface area contributed by atoms with Crippen LogP contribution in [0.2, 0.25) is 0 Å². The first-order valence-corrected chi connectivity index (χ1v) is 11.0. The van der Waals surface area contributed by atoms with E-state index in [0.717, 1.165) is 43.3 Å². The number of hydrogen-bond donors (Lipinski definition) is 1. The number of fused-ring (bicyclic) bond motifs is 2. The van der Waals surface area contributed by atoms with E-state index in [2.05, 4.69) is 15.3 Å². The van der Waals surface area contributed by atoms with E-state index in [1.54, 1.807) is 24.8 Å². The summed E-state index contributed by atoms with van der Waals surface area (Å²) in [4.78, 5) is 35.7. The van der Waals surface area contributed by atoms with Crippen molar-refractivity contribution in [1.82, 2.24) is 24.6 Å². The molecule has 1 atom stereocenters. The molecule has 4 aromatic rings. The highest BCUT2D eigenvalue weighted by molar-refractivity contribution is 5.96. The minimum absolute atomic E-state index is 0.00609. The fourth-order valence-electron chi connectivity index (χ4n) is 5.00. The Kier molecular flexibility index (Phi) is 4.28. The number of carbonyl (C=O) groups is 2. The van der Waals surface area contributed by atoms with Crippen LogP contribution < -0.4 is 5.32 Å². The summed E-state index contributed by atoms with van der Waals surface area (Å²) in [6.07, 6.45) is 9.91. The lowest BCUT2D eigenvalue weighted by Crippen LogP contribution is -2.40. The molecule has 1 unspecified atom stereocenters. The molecule has 32 heavy (non-hydrogen) atoms. The number of pyridine rings is 1. The molecule has 1 aliphatic carbocycles. The Morgan fingerprint density at radius 3 is 2.94 bits per heavy atom. The molecule has 1 N–H and O–H groups in total. The number of hydrogen-bond acceptors (Lipinski definition) is 5. The number of furan rings is 1. The molecule has 1 spiro atoms. The molecular weight excluding hydrogens is 406 g/mol. The molecule has 0 aromatic carbocycles. The highest BCUT2D eigenvalue weighted by atomic mass is 16.3. The van der Waals surface area contributed by atoms with Gasteiger partial charge < -0.3 is 19.0 Å². The van der Waals surface area contributed by atoms with Crippen molar-refractivity contribution in [3.8, 4) is 0 Å². The van der Waals surface area contributed by atoms with Gasteiger partial charge in [0.25, 0.3) is 11.8 Å². The molecule has 1 saturated heterocycles. The van der Waals surface area contributed by atoms with Crippen molar-refractivity contribution in [2.75, 3.05) is 19.6 Å². The van der Waals surface area contributed by atoms with E-state index >= 15 is 0 Å². The Morgan fingerprint density at radius 2 is 2.09 bits per heavy atom. The van der Waals surface area contributed by atoms with Crippen molar-refractivity contribution in [2.45, 2.75) is 19.3 Å². The van der Waals surface area contributed by atoms with Crippen LogP contribution in [0.25, 0.3) is 16.5 Å². The summed E-state index contributed by atoms with van der Waals surface area (Å²) in [5.74, 6) is 0.566. The maximum Gasteiger partial charge on any atom is 0.287 e. The van der Waals surface area contributed by atoms with E-state index in [9.17, 15) is 9.59 Å². The number of nitrogens with zero attached hydrogens (tertiary/aromatic N) is 4. The molecule has 2 aliphatic rings. The summed E-state index contributed by atoms with van der Waals surface area (Å²) < 4.78 is 7.49. The van der Waals surface area contributed by atoms with E-state index in [1.165, 1.54) is 0 Å². The van der Waals surface area contributed by atoms with Crippen LogP contribution in [0.3, 0.4) is 0 Å². The van der Waals surface area contributed by atoms with Crippen molar-refractivity contribution in [3.63, 3.8) is 0 Å². The smallest absolute Gasteiger partial charge is 0.287 e. The zero-order valence-corrected chi connectivity index (χ0v) is 17.5. The lowest BCUT2D eigenvalue weighted by atomic mass is 9.90. The average molecular weight is 429 g/mol. The molecule has 4 aromatic heterocycles. The number of carbonyl (C=O) groups excluding carboxylic acids is 2. The average Bonchev–Trinajstić information content (AvgIpc) is 3.18. The summed E-state index contributed by atoms with van der Waals surface area (Å²) in [5.41, 5.74) is 2.31. The highest BCUT2D eigenvalue weighted by Crippen LogP contribution is 2.59. The molecule has 1 aliphatic heterocycles. The van der Waals surface area contributed by atoms with Gasteiger partial charge in [-0.25, -0.2) is 4.98 Å². The van der Waals surface area contributed by atoms with Crippen molar-refractivity contribution in [3.05, 3.63) is 66.7 Å². The molecule has 0 bridgehead atoms. The molecule has 0 radical (unpaired) electrons. The predicted molar refractivity (Wildman–Crippen MR) is 117 cm³/mol. The van der Waals surface area contributed by atoms with Gasteiger partial charge in [-0.05, 0) is 60.9 Å². The van der Waals surface area contributed by atoms with Crippen molar-refractivity contribution in [2.24, 2.45) is 11.3 Å². The Hall–Kier alpha value is -3.68. The van der Waals surface area contributed by atoms with Crippen molar-refractivity contribution < 1.29 is 14.0 Å². The first kappa shape index (κ1) is 19.0. The zero-order chi connectivity index (χ0) is 21.7. The van der Waals surface area contributed by atoms with Gasteiger partial charge in [0, 0.05) is 42.9 Å². The monoisotopic (exact) mass is 429 g/mol. The third-order valence-corrected chi connectivity index (χ3v) is 7.10. The molecule has 2 fully saturated rings. The van der Waals surface area contributed by atoms with Crippen LogP contribution in [-0.4, -0.2) is 50.7 Å². The molecule has 6 rings (SSSR count). The zero-order valence-electron chi connectivity index (χ0n) is 17.5. The van der Waals surface area contributed by atoms with Crippen LogP contribution >= 0.6 is 0 Å². The first-order chi connectivity index (χ1) is 15.6. The second-order valence-electron chi connectivity index (χ2n) is 8.90. The summed E-state index contributed by atoms with van der Waals surface area (Å²) >= 11 is 0. The lowest BCUT2D eigenvalue weighted by Gasteiger charge is -2.33. The summed E-state index contributed by atoms with van der Waals surface area (Å²) in [5, 5.41) is 3.89. The van der Waals surface area contributed by atoms with Crippen LogP contribution in [0.1, 0.15) is 40.3 Å². The Balaban J connectivity index is 1.03. The molecule has 5 heterocycles. The fraction of sp³-hybridized carbons (Fsp3) is 0.333. The topological polar surface area (TPSA) is 92.7 Å². The van der Waals surface area contributed by atoms with Crippen LogP contribution in [0, 0.1) is 11.3 Å². The third kappa shape index (κ3) is 3.23. The lowest BCUT2D eigenvalue weighted by molar-refractivity contribution is 0.0662.